The molecular formula is C11H15NO2S. The van der Waals surface area contributed by atoms with E-state index in [1.54, 1.807) is 0 Å². The maximum Gasteiger partial charge on any atom is 0.120 e. The molecule has 82 valence electrons. The number of ether oxygens (including phenoxy) is 1. The predicted molar refractivity (Wildman–Crippen MR) is 62.0 cm³/mol. The Bertz CT molecular complexity index is 315. The molecule has 0 amide bonds. The average Bonchev–Trinajstić information content (AvgIpc) is 2.21. The third-order valence-electron chi connectivity index (χ3n) is 2.32. The van der Waals surface area contributed by atoms with Gasteiger partial charge in [0.25, 0.3) is 0 Å². The van der Waals surface area contributed by atoms with Gasteiger partial charge < -0.3 is 9.57 Å². The van der Waals surface area contributed by atoms with Crippen molar-refractivity contribution in [2.75, 3.05) is 18.1 Å². The molecule has 0 aromatic heterocycles. The van der Waals surface area contributed by atoms with Crippen LogP contribution in [0.5, 0.6) is 5.75 Å². The van der Waals surface area contributed by atoms with E-state index >= 15 is 0 Å². The molecule has 1 fully saturated rings. The average molecular weight is 225 g/mol. The summed E-state index contributed by atoms with van der Waals surface area (Å²) >= 11 is 1.92. The summed E-state index contributed by atoms with van der Waals surface area (Å²) < 4.78 is 5.78. The second-order valence-electron chi connectivity index (χ2n) is 3.55. The first-order valence-electron chi connectivity index (χ1n) is 5.03. The standard InChI is InChI=1S/C11H15NO2S/c12-13-5-4-9-2-1-3-10(6-9)14-11-7-15-8-11/h1-3,6,11H,4-5,7-8,12H2. The van der Waals surface area contributed by atoms with Gasteiger partial charge >= 0.3 is 0 Å². The molecule has 1 aromatic carbocycles. The number of thioether (sulfide) groups is 1. The van der Waals surface area contributed by atoms with Gasteiger partial charge in [-0.05, 0) is 24.1 Å². The number of hydrogen-bond acceptors (Lipinski definition) is 4. The molecule has 4 heteroatoms. The molecule has 0 aliphatic carbocycles. The van der Waals surface area contributed by atoms with E-state index in [1.807, 2.05) is 23.9 Å². The van der Waals surface area contributed by atoms with E-state index in [-0.39, 0.29) is 0 Å². The van der Waals surface area contributed by atoms with Gasteiger partial charge in [-0.3, -0.25) is 0 Å². The van der Waals surface area contributed by atoms with Crippen molar-refractivity contribution < 1.29 is 9.57 Å². The summed E-state index contributed by atoms with van der Waals surface area (Å²) in [4.78, 5) is 4.55. The van der Waals surface area contributed by atoms with Crippen LogP contribution in [0.3, 0.4) is 0 Å². The van der Waals surface area contributed by atoms with Crippen molar-refractivity contribution in [3.8, 4) is 5.75 Å². The minimum atomic E-state index is 0.399. The molecule has 1 heterocycles. The lowest BCUT2D eigenvalue weighted by atomic mass is 10.1. The first-order chi connectivity index (χ1) is 7.38. The SMILES string of the molecule is NOCCc1cccc(OC2CSC2)c1. The highest BCUT2D eigenvalue weighted by molar-refractivity contribution is 8.00. The minimum Gasteiger partial charge on any atom is -0.489 e. The summed E-state index contributed by atoms with van der Waals surface area (Å²) in [5, 5.41) is 0. The fourth-order valence-electron chi connectivity index (χ4n) is 1.43. The summed E-state index contributed by atoms with van der Waals surface area (Å²) in [7, 11) is 0. The molecule has 0 atom stereocenters. The molecule has 2 N–H and O–H groups in total. The zero-order chi connectivity index (χ0) is 10.5. The molecule has 0 saturated carbocycles. The summed E-state index contributed by atoms with van der Waals surface area (Å²) in [6.07, 6.45) is 1.23. The van der Waals surface area contributed by atoms with Crippen molar-refractivity contribution in [3.05, 3.63) is 29.8 Å². The highest BCUT2D eigenvalue weighted by atomic mass is 32.2. The molecule has 0 unspecified atom stereocenters. The Morgan fingerprint density at radius 1 is 1.40 bits per heavy atom. The molecular weight excluding hydrogens is 210 g/mol. The lowest BCUT2D eigenvalue weighted by Crippen LogP contribution is -2.31. The molecule has 15 heavy (non-hydrogen) atoms. The first-order valence-corrected chi connectivity index (χ1v) is 6.19. The maximum absolute atomic E-state index is 5.78. The van der Waals surface area contributed by atoms with Gasteiger partial charge in [0.05, 0.1) is 6.61 Å². The summed E-state index contributed by atoms with van der Waals surface area (Å²) in [5.41, 5.74) is 1.20. The molecule has 0 spiro atoms. The van der Waals surface area contributed by atoms with Gasteiger partial charge in [0.1, 0.15) is 11.9 Å². The molecule has 0 bridgehead atoms. The molecule has 1 aliphatic heterocycles. The second-order valence-corrected chi connectivity index (χ2v) is 4.62. The van der Waals surface area contributed by atoms with E-state index in [0.717, 1.165) is 23.7 Å². The van der Waals surface area contributed by atoms with Crippen molar-refractivity contribution in [1.29, 1.82) is 0 Å². The Morgan fingerprint density at radius 3 is 2.93 bits per heavy atom. The van der Waals surface area contributed by atoms with Crippen LogP contribution in [0.2, 0.25) is 0 Å². The van der Waals surface area contributed by atoms with E-state index in [0.29, 0.717) is 12.7 Å². The van der Waals surface area contributed by atoms with Crippen LogP contribution in [0.1, 0.15) is 5.56 Å². The molecule has 1 aliphatic rings. The normalized spacial score (nSPS) is 16.1. The van der Waals surface area contributed by atoms with Gasteiger partial charge in [-0.2, -0.15) is 11.8 Å². The van der Waals surface area contributed by atoms with Crippen LogP contribution in [0.4, 0.5) is 0 Å². The highest BCUT2D eigenvalue weighted by Gasteiger charge is 2.19. The zero-order valence-electron chi connectivity index (χ0n) is 8.52. The monoisotopic (exact) mass is 225 g/mol. The Morgan fingerprint density at radius 2 is 2.27 bits per heavy atom. The van der Waals surface area contributed by atoms with Crippen molar-refractivity contribution in [1.82, 2.24) is 0 Å². The lowest BCUT2D eigenvalue weighted by molar-refractivity contribution is 0.141. The largest absolute Gasteiger partial charge is 0.489 e. The zero-order valence-corrected chi connectivity index (χ0v) is 9.33. The number of rotatable bonds is 5. The maximum atomic E-state index is 5.78. The molecule has 3 nitrogen and oxygen atoms in total. The van der Waals surface area contributed by atoms with Gasteiger partial charge in [0.15, 0.2) is 0 Å². The Balaban J connectivity index is 1.92. The van der Waals surface area contributed by atoms with Crippen molar-refractivity contribution in [3.63, 3.8) is 0 Å². The van der Waals surface area contributed by atoms with Crippen LogP contribution in [-0.4, -0.2) is 24.2 Å². The van der Waals surface area contributed by atoms with E-state index < -0.39 is 0 Å². The summed E-state index contributed by atoms with van der Waals surface area (Å²) in [6.45, 7) is 0.544. The van der Waals surface area contributed by atoms with Crippen LogP contribution in [-0.2, 0) is 11.3 Å². The second kappa shape index (κ2) is 5.39. The van der Waals surface area contributed by atoms with Crippen LogP contribution in [0.15, 0.2) is 24.3 Å². The van der Waals surface area contributed by atoms with E-state index in [2.05, 4.69) is 17.0 Å². The van der Waals surface area contributed by atoms with E-state index in [9.17, 15) is 0 Å². The Kier molecular flexibility index (Phi) is 3.88. The van der Waals surface area contributed by atoms with Gasteiger partial charge in [-0.25, -0.2) is 5.90 Å². The molecule has 1 aromatic rings. The van der Waals surface area contributed by atoms with E-state index in [4.69, 9.17) is 10.6 Å². The van der Waals surface area contributed by atoms with Crippen molar-refractivity contribution in [2.45, 2.75) is 12.5 Å². The summed E-state index contributed by atoms with van der Waals surface area (Å²) in [6, 6.07) is 8.12. The molecule has 1 saturated heterocycles. The topological polar surface area (TPSA) is 44.5 Å². The Labute approximate surface area is 93.9 Å². The van der Waals surface area contributed by atoms with Crippen molar-refractivity contribution >= 4 is 11.8 Å². The third kappa shape index (κ3) is 3.12. The van der Waals surface area contributed by atoms with Crippen molar-refractivity contribution in [2.24, 2.45) is 5.90 Å². The van der Waals surface area contributed by atoms with Crippen LogP contribution >= 0.6 is 11.8 Å². The quantitative estimate of drug-likeness (QED) is 0.773. The highest BCUT2D eigenvalue weighted by Crippen LogP contribution is 2.24. The predicted octanol–water partition coefficient (Wildman–Crippen LogP) is 1.61. The fourth-order valence-corrected chi connectivity index (χ4v) is 1.99. The number of benzene rings is 1. The smallest absolute Gasteiger partial charge is 0.120 e. The van der Waals surface area contributed by atoms with Crippen LogP contribution < -0.4 is 10.6 Å². The third-order valence-corrected chi connectivity index (χ3v) is 3.53. The lowest BCUT2D eigenvalue weighted by Gasteiger charge is -2.26. The fraction of sp³-hybridized carbons (Fsp3) is 0.455. The van der Waals surface area contributed by atoms with E-state index in [1.165, 1.54) is 5.56 Å². The molecule has 0 radical (unpaired) electrons. The summed E-state index contributed by atoms with van der Waals surface area (Å²) in [5.74, 6) is 8.16. The van der Waals surface area contributed by atoms with Crippen LogP contribution in [0, 0.1) is 0 Å². The first kappa shape index (κ1) is 10.8. The van der Waals surface area contributed by atoms with Gasteiger partial charge in [0, 0.05) is 11.5 Å². The van der Waals surface area contributed by atoms with Gasteiger partial charge in [-0.1, -0.05) is 12.1 Å². The Hall–Kier alpha value is -0.710. The van der Waals surface area contributed by atoms with Gasteiger partial charge in [-0.15, -0.1) is 0 Å². The molecule has 2 rings (SSSR count). The van der Waals surface area contributed by atoms with Crippen LogP contribution in [0.25, 0.3) is 0 Å². The number of hydrogen-bond donors (Lipinski definition) is 1. The minimum absolute atomic E-state index is 0.399. The van der Waals surface area contributed by atoms with Gasteiger partial charge in [0.2, 0.25) is 0 Å². The number of nitrogens with two attached hydrogens (primary N) is 1.